The molecule has 0 atom stereocenters. The van der Waals surface area contributed by atoms with Gasteiger partial charge >= 0.3 is 0 Å². The minimum Gasteiger partial charge on any atom is -0.341 e. The van der Waals surface area contributed by atoms with E-state index >= 15 is 0 Å². The van der Waals surface area contributed by atoms with Gasteiger partial charge in [-0.1, -0.05) is 60.2 Å². The molecule has 0 bridgehead atoms. The molecule has 0 N–H and O–H groups in total. The molecule has 30 heavy (non-hydrogen) atoms. The normalized spacial score (nSPS) is 11.0. The van der Waals surface area contributed by atoms with Crippen molar-refractivity contribution in [3.63, 3.8) is 0 Å². The summed E-state index contributed by atoms with van der Waals surface area (Å²) in [6, 6.07) is 18.0. The van der Waals surface area contributed by atoms with E-state index in [0.717, 1.165) is 21.5 Å². The molecule has 0 fully saturated rings. The monoisotopic (exact) mass is 417 g/mol. The van der Waals surface area contributed by atoms with E-state index in [0.29, 0.717) is 18.5 Å². The Kier molecular flexibility index (Phi) is 5.77. The van der Waals surface area contributed by atoms with Gasteiger partial charge in [0.25, 0.3) is 5.56 Å². The standard InChI is InChI=1S/C24H23N3O2S/c1-17-8-10-19(11-9-17)20-15-30-23-22(20)24(29)27(16-25-23)13-12-21(28)26(2)14-18-6-4-3-5-7-18/h3-11,15-16H,12-14H2,1-2H3. The molecule has 5 nitrogen and oxygen atoms in total. The zero-order valence-corrected chi connectivity index (χ0v) is 17.9. The highest BCUT2D eigenvalue weighted by Gasteiger charge is 2.15. The van der Waals surface area contributed by atoms with Crippen molar-refractivity contribution in [2.45, 2.75) is 26.4 Å². The van der Waals surface area contributed by atoms with Crippen LogP contribution in [0, 0.1) is 6.92 Å². The second kappa shape index (κ2) is 8.63. The predicted molar refractivity (Wildman–Crippen MR) is 122 cm³/mol. The highest BCUT2D eigenvalue weighted by atomic mass is 32.1. The highest BCUT2D eigenvalue weighted by molar-refractivity contribution is 7.17. The van der Waals surface area contributed by atoms with Crippen LogP contribution >= 0.6 is 11.3 Å². The predicted octanol–water partition coefficient (Wildman–Crippen LogP) is 4.48. The SMILES string of the molecule is Cc1ccc(-c2csc3ncn(CCC(=O)N(C)Cc4ccccc4)c(=O)c23)cc1. The maximum atomic E-state index is 13.1. The van der Waals surface area contributed by atoms with Crippen molar-refractivity contribution in [3.05, 3.63) is 87.8 Å². The van der Waals surface area contributed by atoms with Gasteiger partial charge < -0.3 is 4.90 Å². The van der Waals surface area contributed by atoms with Gasteiger partial charge in [0.05, 0.1) is 11.7 Å². The van der Waals surface area contributed by atoms with Gasteiger partial charge in [0, 0.05) is 37.5 Å². The average Bonchev–Trinajstić information content (AvgIpc) is 3.19. The zero-order chi connectivity index (χ0) is 21.1. The summed E-state index contributed by atoms with van der Waals surface area (Å²) in [5.41, 5.74) is 4.05. The first-order valence-electron chi connectivity index (χ1n) is 9.84. The molecule has 0 unspecified atom stereocenters. The first kappa shape index (κ1) is 20.0. The molecule has 6 heteroatoms. The fourth-order valence-electron chi connectivity index (χ4n) is 3.42. The largest absolute Gasteiger partial charge is 0.341 e. The average molecular weight is 418 g/mol. The summed E-state index contributed by atoms with van der Waals surface area (Å²) in [4.78, 5) is 32.6. The smallest absolute Gasteiger partial charge is 0.262 e. The summed E-state index contributed by atoms with van der Waals surface area (Å²) >= 11 is 1.47. The van der Waals surface area contributed by atoms with Crippen LogP contribution in [0.2, 0.25) is 0 Å². The number of hydrogen-bond acceptors (Lipinski definition) is 4. The zero-order valence-electron chi connectivity index (χ0n) is 17.0. The Balaban J connectivity index is 1.53. The molecule has 1 amide bonds. The molecule has 0 aliphatic rings. The van der Waals surface area contributed by atoms with Crippen LogP contribution in [0.4, 0.5) is 0 Å². The molecule has 152 valence electrons. The minimum absolute atomic E-state index is 0.00470. The lowest BCUT2D eigenvalue weighted by molar-refractivity contribution is -0.130. The minimum atomic E-state index is -0.102. The van der Waals surface area contributed by atoms with E-state index in [4.69, 9.17) is 0 Å². The van der Waals surface area contributed by atoms with Gasteiger partial charge in [-0.05, 0) is 18.1 Å². The second-order valence-corrected chi connectivity index (χ2v) is 8.28. The van der Waals surface area contributed by atoms with Gasteiger partial charge in [0.1, 0.15) is 4.83 Å². The number of hydrogen-bond donors (Lipinski definition) is 0. The molecule has 0 radical (unpaired) electrons. The highest BCUT2D eigenvalue weighted by Crippen LogP contribution is 2.30. The van der Waals surface area contributed by atoms with Gasteiger partial charge in [0.2, 0.25) is 5.91 Å². The lowest BCUT2D eigenvalue weighted by Gasteiger charge is -2.17. The van der Waals surface area contributed by atoms with E-state index in [1.807, 2.05) is 66.9 Å². The molecular weight excluding hydrogens is 394 g/mol. The summed E-state index contributed by atoms with van der Waals surface area (Å²) in [6.07, 6.45) is 1.80. The van der Waals surface area contributed by atoms with E-state index < -0.39 is 0 Å². The summed E-state index contributed by atoms with van der Waals surface area (Å²) in [7, 11) is 1.79. The van der Waals surface area contributed by atoms with Crippen molar-refractivity contribution < 1.29 is 4.79 Å². The number of rotatable bonds is 6. The number of carbonyl (C=O) groups is 1. The maximum absolute atomic E-state index is 13.1. The van der Waals surface area contributed by atoms with Crippen molar-refractivity contribution in [1.82, 2.24) is 14.5 Å². The van der Waals surface area contributed by atoms with Gasteiger partial charge in [-0.3, -0.25) is 14.2 Å². The molecule has 0 spiro atoms. The van der Waals surface area contributed by atoms with Gasteiger partial charge in [-0.2, -0.15) is 0 Å². The maximum Gasteiger partial charge on any atom is 0.262 e. The van der Waals surface area contributed by atoms with Crippen LogP contribution in [0.3, 0.4) is 0 Å². The lowest BCUT2D eigenvalue weighted by atomic mass is 10.1. The number of aryl methyl sites for hydroxylation is 2. The number of nitrogens with zero attached hydrogens (tertiary/aromatic N) is 3. The van der Waals surface area contributed by atoms with Crippen LogP contribution in [0.5, 0.6) is 0 Å². The number of fused-ring (bicyclic) bond motifs is 1. The molecular formula is C24H23N3O2S. The molecule has 2 aromatic heterocycles. The van der Waals surface area contributed by atoms with Crippen molar-refractivity contribution in [2.75, 3.05) is 7.05 Å². The Morgan fingerprint density at radius 3 is 2.57 bits per heavy atom. The quantitative estimate of drug-likeness (QED) is 0.465. The first-order chi connectivity index (χ1) is 14.5. The van der Waals surface area contributed by atoms with E-state index in [2.05, 4.69) is 4.98 Å². The van der Waals surface area contributed by atoms with Crippen LogP contribution in [0.25, 0.3) is 21.3 Å². The van der Waals surface area contributed by atoms with Crippen molar-refractivity contribution in [3.8, 4) is 11.1 Å². The van der Waals surface area contributed by atoms with Gasteiger partial charge in [-0.25, -0.2) is 4.98 Å². The van der Waals surface area contributed by atoms with Crippen LogP contribution in [-0.4, -0.2) is 27.4 Å². The molecule has 0 saturated heterocycles. The second-order valence-electron chi connectivity index (χ2n) is 7.42. The molecule has 0 saturated carbocycles. The fraction of sp³-hybridized carbons (Fsp3) is 0.208. The molecule has 0 aliphatic carbocycles. The van der Waals surface area contributed by atoms with Crippen LogP contribution < -0.4 is 5.56 Å². The Morgan fingerprint density at radius 2 is 1.83 bits per heavy atom. The molecule has 2 heterocycles. The summed E-state index contributed by atoms with van der Waals surface area (Å²) in [5.74, 6) is -0.00470. The Bertz CT molecular complexity index is 1230. The summed E-state index contributed by atoms with van der Waals surface area (Å²) in [5, 5.41) is 2.60. The molecule has 4 rings (SSSR count). The summed E-state index contributed by atoms with van der Waals surface area (Å²) in [6.45, 7) is 2.90. The Labute approximate surface area is 179 Å². The van der Waals surface area contributed by atoms with Crippen LogP contribution in [-0.2, 0) is 17.9 Å². The van der Waals surface area contributed by atoms with E-state index in [-0.39, 0.29) is 17.9 Å². The van der Waals surface area contributed by atoms with Crippen LogP contribution in [0.15, 0.2) is 71.1 Å². The Morgan fingerprint density at radius 1 is 1.10 bits per heavy atom. The van der Waals surface area contributed by atoms with Crippen LogP contribution in [0.1, 0.15) is 17.5 Å². The lowest BCUT2D eigenvalue weighted by Crippen LogP contribution is -2.29. The van der Waals surface area contributed by atoms with E-state index in [9.17, 15) is 9.59 Å². The number of amides is 1. The summed E-state index contributed by atoms with van der Waals surface area (Å²) < 4.78 is 1.54. The molecule has 2 aromatic carbocycles. The molecule has 4 aromatic rings. The van der Waals surface area contributed by atoms with Crippen molar-refractivity contribution >= 4 is 27.5 Å². The number of aromatic nitrogens is 2. The topological polar surface area (TPSA) is 55.2 Å². The number of thiophene rings is 1. The number of benzene rings is 2. The number of carbonyl (C=O) groups excluding carboxylic acids is 1. The third-order valence-corrected chi connectivity index (χ3v) is 6.06. The Hall–Kier alpha value is -3.25. The van der Waals surface area contributed by atoms with E-state index in [1.54, 1.807) is 22.8 Å². The van der Waals surface area contributed by atoms with Gasteiger partial charge in [-0.15, -0.1) is 11.3 Å². The van der Waals surface area contributed by atoms with Gasteiger partial charge in [0.15, 0.2) is 0 Å². The van der Waals surface area contributed by atoms with Crippen molar-refractivity contribution in [2.24, 2.45) is 0 Å². The molecule has 0 aliphatic heterocycles. The van der Waals surface area contributed by atoms with E-state index in [1.165, 1.54) is 16.9 Å². The third kappa shape index (κ3) is 4.19. The van der Waals surface area contributed by atoms with Crippen molar-refractivity contribution in [1.29, 1.82) is 0 Å². The third-order valence-electron chi connectivity index (χ3n) is 5.18. The first-order valence-corrected chi connectivity index (χ1v) is 10.7. The fourth-order valence-corrected chi connectivity index (χ4v) is 4.33.